The Morgan fingerprint density at radius 3 is 2.47 bits per heavy atom. The third-order valence-corrected chi connectivity index (χ3v) is 7.71. The van der Waals surface area contributed by atoms with E-state index in [0.717, 1.165) is 11.3 Å². The molecule has 1 aromatic heterocycles. The molecule has 1 amide bonds. The van der Waals surface area contributed by atoms with Crippen LogP contribution < -0.4 is 9.54 Å². The maximum atomic E-state index is 12.5. The molecule has 1 heterocycles. The van der Waals surface area contributed by atoms with Crippen LogP contribution in [0.3, 0.4) is 0 Å². The molecule has 0 saturated heterocycles. The normalized spacial score (nSPS) is 12.0. The first-order chi connectivity index (χ1) is 16.1. The number of carbonyl (C=O) groups is 2. The number of thiazole rings is 1. The first-order valence-corrected chi connectivity index (χ1v) is 12.4. The van der Waals surface area contributed by atoms with Crippen molar-refractivity contribution in [2.45, 2.75) is 24.3 Å². The topological polar surface area (TPSA) is 147 Å². The second kappa shape index (κ2) is 10.6. The lowest BCUT2D eigenvalue weighted by Crippen LogP contribution is -2.22. The molecule has 11 nitrogen and oxygen atoms in total. The average molecular weight is 508 g/mol. The van der Waals surface area contributed by atoms with E-state index in [-0.39, 0.29) is 40.5 Å². The largest absolute Gasteiger partial charge is 0.497 e. The summed E-state index contributed by atoms with van der Waals surface area (Å²) in [7, 11) is -0.915. The molecule has 0 aliphatic carbocycles. The van der Waals surface area contributed by atoms with Gasteiger partial charge in [0.2, 0.25) is 5.91 Å². The number of sulfone groups is 1. The summed E-state index contributed by atoms with van der Waals surface area (Å²) in [5, 5.41) is 11.1. The number of carbonyl (C=O) groups excluding carboxylic acids is 2. The second-order valence-corrected chi connectivity index (χ2v) is 10.2. The van der Waals surface area contributed by atoms with Gasteiger partial charge in [-0.1, -0.05) is 11.3 Å². The van der Waals surface area contributed by atoms with Gasteiger partial charge in [-0.05, 0) is 36.8 Å². The molecule has 13 heteroatoms. The minimum absolute atomic E-state index is 0.0457. The first kappa shape index (κ1) is 25.1. The van der Waals surface area contributed by atoms with Crippen LogP contribution in [0.5, 0.6) is 5.75 Å². The number of nitrogens with zero attached hydrogens (tertiary/aromatic N) is 3. The average Bonchev–Trinajstić information content (AvgIpc) is 3.14. The predicted molar refractivity (Wildman–Crippen MR) is 123 cm³/mol. The molecule has 0 fully saturated rings. The number of hydrogen-bond donors (Lipinski definition) is 0. The quantitative estimate of drug-likeness (QED) is 0.244. The third kappa shape index (κ3) is 5.85. The summed E-state index contributed by atoms with van der Waals surface area (Å²) >= 11 is 1.08. The number of esters is 1. The zero-order chi connectivity index (χ0) is 24.9. The van der Waals surface area contributed by atoms with E-state index in [4.69, 9.17) is 4.74 Å². The molecule has 0 N–H and O–H groups in total. The maximum absolute atomic E-state index is 12.5. The highest BCUT2D eigenvalue weighted by molar-refractivity contribution is 7.91. The fourth-order valence-electron chi connectivity index (χ4n) is 3.08. The minimum Gasteiger partial charge on any atom is -0.497 e. The molecule has 3 rings (SSSR count). The standard InChI is InChI=1S/C21H21N3O8S2/c1-31-15-6-8-16(9-7-15)34(29,30)11-3-4-19(25)22-21-23(13-20(26)32-2)17-12-14(24(27)28)5-10-18(17)33-21/h5-10,12H,3-4,11,13H2,1-2H3. The number of methoxy groups -OCH3 is 2. The van der Waals surface area contributed by atoms with Gasteiger partial charge in [0.1, 0.15) is 12.3 Å². The van der Waals surface area contributed by atoms with Crippen LogP contribution >= 0.6 is 11.3 Å². The van der Waals surface area contributed by atoms with Crippen LogP contribution in [0.25, 0.3) is 10.2 Å². The highest BCUT2D eigenvalue weighted by Crippen LogP contribution is 2.23. The number of non-ortho nitro benzene ring substituents is 1. The third-order valence-electron chi connectivity index (χ3n) is 4.83. The summed E-state index contributed by atoms with van der Waals surface area (Å²) in [5.41, 5.74) is 0.184. The molecule has 0 atom stereocenters. The Morgan fingerprint density at radius 1 is 1.15 bits per heavy atom. The van der Waals surface area contributed by atoms with Crippen LogP contribution in [-0.4, -0.2) is 49.8 Å². The zero-order valence-electron chi connectivity index (χ0n) is 18.3. The summed E-state index contributed by atoms with van der Waals surface area (Å²) in [4.78, 5) is 39.2. The molecule has 0 aliphatic rings. The van der Waals surface area contributed by atoms with Gasteiger partial charge in [-0.2, -0.15) is 4.99 Å². The highest BCUT2D eigenvalue weighted by atomic mass is 32.2. The molecule has 34 heavy (non-hydrogen) atoms. The number of rotatable bonds is 9. The number of nitro groups is 1. The van der Waals surface area contributed by atoms with E-state index in [0.29, 0.717) is 16.0 Å². The maximum Gasteiger partial charge on any atom is 0.325 e. The predicted octanol–water partition coefficient (Wildman–Crippen LogP) is 2.47. The van der Waals surface area contributed by atoms with Gasteiger partial charge in [0, 0.05) is 18.6 Å². The Balaban J connectivity index is 1.80. The van der Waals surface area contributed by atoms with E-state index in [9.17, 15) is 28.1 Å². The molecular weight excluding hydrogens is 486 g/mol. The molecule has 0 aliphatic heterocycles. The van der Waals surface area contributed by atoms with Gasteiger partial charge in [-0.25, -0.2) is 8.42 Å². The van der Waals surface area contributed by atoms with Crippen molar-refractivity contribution in [3.63, 3.8) is 0 Å². The molecule has 2 aromatic carbocycles. The molecule has 180 valence electrons. The van der Waals surface area contributed by atoms with Crippen LogP contribution in [0.2, 0.25) is 0 Å². The number of nitro benzene ring substituents is 1. The number of amides is 1. The monoisotopic (exact) mass is 507 g/mol. The Hall–Kier alpha value is -3.58. The van der Waals surface area contributed by atoms with Gasteiger partial charge in [0.15, 0.2) is 14.6 Å². The Labute approximate surface area is 198 Å². The lowest BCUT2D eigenvalue weighted by molar-refractivity contribution is -0.384. The molecule has 0 spiro atoms. The van der Waals surface area contributed by atoms with Crippen molar-refractivity contribution < 1.29 is 32.4 Å². The van der Waals surface area contributed by atoms with E-state index in [1.807, 2.05) is 0 Å². The van der Waals surface area contributed by atoms with Gasteiger partial charge < -0.3 is 14.0 Å². The molecule has 0 saturated carbocycles. The van der Waals surface area contributed by atoms with Crippen molar-refractivity contribution in [2.24, 2.45) is 4.99 Å². The highest BCUT2D eigenvalue weighted by Gasteiger charge is 2.17. The van der Waals surface area contributed by atoms with E-state index in [1.165, 1.54) is 49.1 Å². The van der Waals surface area contributed by atoms with E-state index in [2.05, 4.69) is 9.73 Å². The van der Waals surface area contributed by atoms with Gasteiger partial charge in [0.25, 0.3) is 5.69 Å². The lowest BCUT2D eigenvalue weighted by Gasteiger charge is -2.05. The van der Waals surface area contributed by atoms with Crippen molar-refractivity contribution in [3.05, 3.63) is 57.4 Å². The Morgan fingerprint density at radius 2 is 1.85 bits per heavy atom. The first-order valence-electron chi connectivity index (χ1n) is 9.93. The van der Waals surface area contributed by atoms with Crippen molar-refractivity contribution >= 4 is 49.0 Å². The van der Waals surface area contributed by atoms with Gasteiger partial charge in [0.05, 0.1) is 40.0 Å². The summed E-state index contributed by atoms with van der Waals surface area (Å²) < 4.78 is 36.6. The van der Waals surface area contributed by atoms with E-state index >= 15 is 0 Å². The van der Waals surface area contributed by atoms with Crippen LogP contribution in [-0.2, 0) is 30.7 Å². The number of hydrogen-bond acceptors (Lipinski definition) is 9. The van der Waals surface area contributed by atoms with Gasteiger partial charge in [-0.15, -0.1) is 0 Å². The van der Waals surface area contributed by atoms with Gasteiger partial charge >= 0.3 is 5.97 Å². The molecule has 3 aromatic rings. The van der Waals surface area contributed by atoms with Crippen LogP contribution in [0, 0.1) is 10.1 Å². The fraction of sp³-hybridized carbons (Fsp3) is 0.286. The summed E-state index contributed by atoms with van der Waals surface area (Å²) in [6, 6.07) is 10.1. The molecule has 0 radical (unpaired) electrons. The van der Waals surface area contributed by atoms with Gasteiger partial charge in [-0.3, -0.25) is 19.7 Å². The Bertz CT molecular complexity index is 1410. The van der Waals surface area contributed by atoms with E-state index in [1.54, 1.807) is 12.1 Å². The smallest absolute Gasteiger partial charge is 0.325 e. The van der Waals surface area contributed by atoms with Crippen LogP contribution in [0.15, 0.2) is 52.4 Å². The van der Waals surface area contributed by atoms with Crippen molar-refractivity contribution in [3.8, 4) is 5.75 Å². The summed E-state index contributed by atoms with van der Waals surface area (Å²) in [5.74, 6) is -0.918. The van der Waals surface area contributed by atoms with Crippen LogP contribution in [0.4, 0.5) is 5.69 Å². The number of fused-ring (bicyclic) bond motifs is 1. The molecular formula is C21H21N3O8S2. The van der Waals surface area contributed by atoms with Crippen molar-refractivity contribution in [1.29, 1.82) is 0 Å². The number of aromatic nitrogens is 1. The SMILES string of the molecule is COC(=O)Cn1c(=NC(=O)CCCS(=O)(=O)c2ccc(OC)cc2)sc2ccc([N+](=O)[O-])cc21. The fourth-order valence-corrected chi connectivity index (χ4v) is 5.42. The van der Waals surface area contributed by atoms with E-state index < -0.39 is 26.6 Å². The summed E-state index contributed by atoms with van der Waals surface area (Å²) in [6.45, 7) is -0.296. The number of benzene rings is 2. The molecule has 0 unspecified atom stereocenters. The second-order valence-electron chi connectivity index (χ2n) is 7.06. The zero-order valence-corrected chi connectivity index (χ0v) is 19.9. The molecule has 0 bridgehead atoms. The number of ether oxygens (including phenoxy) is 2. The lowest BCUT2D eigenvalue weighted by atomic mass is 10.3. The minimum atomic E-state index is -3.59. The summed E-state index contributed by atoms with van der Waals surface area (Å²) in [6.07, 6.45) is -0.0912. The van der Waals surface area contributed by atoms with Crippen LogP contribution in [0.1, 0.15) is 12.8 Å². The van der Waals surface area contributed by atoms with Crippen molar-refractivity contribution in [1.82, 2.24) is 4.57 Å². The Kier molecular flexibility index (Phi) is 7.79. The van der Waals surface area contributed by atoms with Crippen molar-refractivity contribution in [2.75, 3.05) is 20.0 Å².